The minimum absolute atomic E-state index is 0.0581. The fourth-order valence-corrected chi connectivity index (χ4v) is 2.99. The van der Waals surface area contributed by atoms with Crippen LogP contribution in [0.3, 0.4) is 0 Å². The summed E-state index contributed by atoms with van der Waals surface area (Å²) in [4.78, 5) is 0. The Balaban J connectivity index is 4.90. The third-order valence-corrected chi connectivity index (χ3v) is 4.51. The van der Waals surface area contributed by atoms with Gasteiger partial charge in [0.15, 0.2) is 6.23 Å². The monoisotopic (exact) mass is 266 g/mol. The number of ether oxygens (including phenoxy) is 1. The van der Waals surface area contributed by atoms with Gasteiger partial charge in [0.05, 0.1) is 20.7 Å². The van der Waals surface area contributed by atoms with Crippen LogP contribution in [0.1, 0.15) is 27.2 Å². The number of nitrogens with zero attached hydrogens (tertiary/aromatic N) is 1. The SMILES string of the molecule is C=C(C)COC(C)[N+](C)(C)C(CC)S(=O)(=O)O. The minimum Gasteiger partial charge on any atom is -0.325 e. The Morgan fingerprint density at radius 2 is 1.94 bits per heavy atom. The summed E-state index contributed by atoms with van der Waals surface area (Å²) in [5, 5.41) is -0.886. The molecule has 0 saturated heterocycles. The van der Waals surface area contributed by atoms with Gasteiger partial charge in [0.25, 0.3) is 0 Å². The molecule has 0 rings (SSSR count). The molecule has 0 aromatic rings. The molecule has 0 aliphatic heterocycles. The third-order valence-electron chi connectivity index (χ3n) is 2.94. The molecule has 5 nitrogen and oxygen atoms in total. The number of hydrogen-bond acceptors (Lipinski definition) is 3. The lowest BCUT2D eigenvalue weighted by molar-refractivity contribution is -0.945. The van der Waals surface area contributed by atoms with E-state index < -0.39 is 15.5 Å². The van der Waals surface area contributed by atoms with Gasteiger partial charge in [0, 0.05) is 13.3 Å². The standard InChI is InChI=1S/C11H23NO4S/c1-7-11(17(13,14)15)12(5,6)10(4)16-8-9(2)3/h10-11H,2,7-8H2,1,3-6H3/p+1. The van der Waals surface area contributed by atoms with Crippen LogP contribution in [0.15, 0.2) is 12.2 Å². The fourth-order valence-electron chi connectivity index (χ4n) is 1.71. The molecule has 2 atom stereocenters. The van der Waals surface area contributed by atoms with E-state index in [1.807, 2.05) is 6.92 Å². The van der Waals surface area contributed by atoms with Crippen LogP contribution in [0, 0.1) is 0 Å². The largest absolute Gasteiger partial charge is 0.325 e. The van der Waals surface area contributed by atoms with E-state index in [0.717, 1.165) is 5.57 Å². The second-order valence-electron chi connectivity index (χ2n) is 4.87. The highest BCUT2D eigenvalue weighted by molar-refractivity contribution is 7.86. The van der Waals surface area contributed by atoms with Crippen molar-refractivity contribution in [2.75, 3.05) is 20.7 Å². The second kappa shape index (κ2) is 5.95. The molecule has 1 N–H and O–H groups in total. The first-order valence-electron chi connectivity index (χ1n) is 5.59. The van der Waals surface area contributed by atoms with Crippen molar-refractivity contribution in [1.82, 2.24) is 0 Å². The summed E-state index contributed by atoms with van der Waals surface area (Å²) in [6, 6.07) is 0. The molecule has 6 heteroatoms. The van der Waals surface area contributed by atoms with E-state index in [2.05, 4.69) is 6.58 Å². The lowest BCUT2D eigenvalue weighted by atomic mass is 10.3. The number of quaternary nitrogens is 1. The van der Waals surface area contributed by atoms with Crippen LogP contribution in [0.5, 0.6) is 0 Å². The van der Waals surface area contributed by atoms with Gasteiger partial charge in [-0.25, -0.2) is 0 Å². The van der Waals surface area contributed by atoms with Crippen molar-refractivity contribution < 1.29 is 22.2 Å². The first-order valence-corrected chi connectivity index (χ1v) is 7.09. The smallest absolute Gasteiger partial charge is 0.319 e. The molecule has 2 unspecified atom stereocenters. The van der Waals surface area contributed by atoms with E-state index in [4.69, 9.17) is 4.74 Å². The number of hydrogen-bond donors (Lipinski definition) is 1. The summed E-state index contributed by atoms with van der Waals surface area (Å²) < 4.78 is 37.5. The lowest BCUT2D eigenvalue weighted by Gasteiger charge is -2.40. The molecule has 0 aliphatic carbocycles. The van der Waals surface area contributed by atoms with Crippen LogP contribution in [0.25, 0.3) is 0 Å². The van der Waals surface area contributed by atoms with E-state index in [1.54, 1.807) is 27.9 Å². The molecule has 17 heavy (non-hydrogen) atoms. The fraction of sp³-hybridized carbons (Fsp3) is 0.818. The summed E-state index contributed by atoms with van der Waals surface area (Å²) in [6.45, 7) is 9.46. The molecule has 0 bridgehead atoms. The van der Waals surface area contributed by atoms with Crippen LogP contribution in [-0.2, 0) is 14.9 Å². The Hall–Kier alpha value is -0.430. The molecule has 102 valence electrons. The van der Waals surface area contributed by atoms with E-state index in [-0.39, 0.29) is 10.7 Å². The van der Waals surface area contributed by atoms with Gasteiger partial charge in [0.2, 0.25) is 5.37 Å². The van der Waals surface area contributed by atoms with Crippen LogP contribution in [0.4, 0.5) is 0 Å². The first kappa shape index (κ1) is 16.6. The Morgan fingerprint density at radius 3 is 2.24 bits per heavy atom. The molecule has 0 aromatic heterocycles. The predicted molar refractivity (Wildman–Crippen MR) is 68.0 cm³/mol. The van der Waals surface area contributed by atoms with Gasteiger partial charge in [-0.3, -0.25) is 9.04 Å². The molecule has 0 radical (unpaired) electrons. The summed E-state index contributed by atoms with van der Waals surface area (Å²) >= 11 is 0. The summed E-state index contributed by atoms with van der Waals surface area (Å²) in [5.74, 6) is 0. The van der Waals surface area contributed by atoms with Gasteiger partial charge in [-0.05, 0) is 6.92 Å². The Bertz CT molecular complexity index is 362. The third kappa shape index (κ3) is 4.75. The Morgan fingerprint density at radius 1 is 1.47 bits per heavy atom. The van der Waals surface area contributed by atoms with Gasteiger partial charge >= 0.3 is 10.1 Å². The minimum atomic E-state index is -4.09. The van der Waals surface area contributed by atoms with Crippen molar-refractivity contribution in [3.05, 3.63) is 12.2 Å². The van der Waals surface area contributed by atoms with Crippen molar-refractivity contribution in [3.8, 4) is 0 Å². The molecular weight excluding hydrogens is 242 g/mol. The average Bonchev–Trinajstić information content (AvgIpc) is 2.11. The van der Waals surface area contributed by atoms with Crippen molar-refractivity contribution in [3.63, 3.8) is 0 Å². The van der Waals surface area contributed by atoms with Gasteiger partial charge < -0.3 is 4.74 Å². The quantitative estimate of drug-likeness (QED) is 0.329. The highest BCUT2D eigenvalue weighted by Crippen LogP contribution is 2.21. The molecule has 0 spiro atoms. The van der Waals surface area contributed by atoms with Crippen molar-refractivity contribution >= 4 is 10.1 Å². The Kier molecular flexibility index (Phi) is 5.80. The van der Waals surface area contributed by atoms with Crippen LogP contribution in [-0.4, -0.2) is 49.8 Å². The zero-order valence-corrected chi connectivity index (χ0v) is 12.1. The molecule has 0 aliphatic rings. The van der Waals surface area contributed by atoms with Gasteiger partial charge in [0.1, 0.15) is 0 Å². The average molecular weight is 266 g/mol. The molecule has 0 fully saturated rings. The lowest BCUT2D eigenvalue weighted by Crippen LogP contribution is -2.58. The van der Waals surface area contributed by atoms with Crippen molar-refractivity contribution in [2.24, 2.45) is 0 Å². The molecule has 0 amide bonds. The van der Waals surface area contributed by atoms with Gasteiger partial charge in [-0.2, -0.15) is 8.42 Å². The van der Waals surface area contributed by atoms with Crippen molar-refractivity contribution in [1.29, 1.82) is 0 Å². The van der Waals surface area contributed by atoms with Gasteiger partial charge in [-0.15, -0.1) is 0 Å². The Labute approximate surface area is 104 Å². The number of rotatable bonds is 7. The molecule has 0 aromatic carbocycles. The molecular formula is C11H24NO4S+. The molecule has 0 saturated carbocycles. The molecule has 0 heterocycles. The zero-order valence-electron chi connectivity index (χ0n) is 11.3. The van der Waals surface area contributed by atoms with Crippen molar-refractivity contribution in [2.45, 2.75) is 38.8 Å². The topological polar surface area (TPSA) is 63.6 Å². The van der Waals surface area contributed by atoms with Crippen LogP contribution < -0.4 is 0 Å². The van der Waals surface area contributed by atoms with E-state index in [0.29, 0.717) is 13.0 Å². The highest BCUT2D eigenvalue weighted by atomic mass is 32.2. The van der Waals surface area contributed by atoms with Gasteiger partial charge in [-0.1, -0.05) is 19.1 Å². The summed E-state index contributed by atoms with van der Waals surface area (Å²) in [5.41, 5.74) is 0.872. The maximum absolute atomic E-state index is 11.3. The summed E-state index contributed by atoms with van der Waals surface area (Å²) in [6.07, 6.45) is -0.0225. The van der Waals surface area contributed by atoms with E-state index in [1.165, 1.54) is 0 Å². The van der Waals surface area contributed by atoms with E-state index >= 15 is 0 Å². The van der Waals surface area contributed by atoms with E-state index in [9.17, 15) is 13.0 Å². The second-order valence-corrected chi connectivity index (χ2v) is 6.45. The highest BCUT2D eigenvalue weighted by Gasteiger charge is 2.41. The van der Waals surface area contributed by atoms with Crippen LogP contribution >= 0.6 is 0 Å². The maximum Gasteiger partial charge on any atom is 0.319 e. The predicted octanol–water partition coefficient (Wildman–Crippen LogP) is 1.63. The normalized spacial score (nSPS) is 16.6. The first-order chi connectivity index (χ1) is 7.53. The maximum atomic E-state index is 11.3. The zero-order chi connectivity index (χ0) is 13.9. The summed E-state index contributed by atoms with van der Waals surface area (Å²) in [7, 11) is -0.632. The van der Waals surface area contributed by atoms with Crippen LogP contribution in [0.2, 0.25) is 0 Å².